The number of nitrogens with zero attached hydrogens (tertiary/aromatic N) is 4. The highest BCUT2D eigenvalue weighted by Crippen LogP contribution is 2.23. The number of nitrogens with two attached hydrogens (primary N) is 1. The van der Waals surface area contributed by atoms with Crippen molar-refractivity contribution in [1.82, 2.24) is 19.1 Å². The second-order valence-corrected chi connectivity index (χ2v) is 4.81. The Hall–Kier alpha value is -2.31. The summed E-state index contributed by atoms with van der Waals surface area (Å²) in [7, 11) is 0. The van der Waals surface area contributed by atoms with Crippen LogP contribution in [0.3, 0.4) is 0 Å². The lowest BCUT2D eigenvalue weighted by molar-refractivity contribution is 0.0521. The van der Waals surface area contributed by atoms with Crippen molar-refractivity contribution in [3.63, 3.8) is 0 Å². The van der Waals surface area contributed by atoms with Crippen molar-refractivity contribution in [3.8, 4) is 0 Å². The summed E-state index contributed by atoms with van der Waals surface area (Å²) in [5.74, 6) is 0.666. The van der Waals surface area contributed by atoms with Gasteiger partial charge in [0.2, 0.25) is 0 Å². The fourth-order valence-electron chi connectivity index (χ4n) is 2.37. The molecule has 0 radical (unpaired) electrons. The van der Waals surface area contributed by atoms with Gasteiger partial charge in [-0.2, -0.15) is 0 Å². The summed E-state index contributed by atoms with van der Waals surface area (Å²) >= 11 is 0. The molecule has 0 saturated heterocycles. The fourth-order valence-corrected chi connectivity index (χ4v) is 2.37. The maximum absolute atomic E-state index is 11.9. The van der Waals surface area contributed by atoms with Crippen LogP contribution >= 0.6 is 0 Å². The molecule has 0 aliphatic rings. The van der Waals surface area contributed by atoms with E-state index in [1.54, 1.807) is 19.4 Å². The van der Waals surface area contributed by atoms with Gasteiger partial charge in [0.05, 0.1) is 19.0 Å². The highest BCUT2D eigenvalue weighted by atomic mass is 16.5. The van der Waals surface area contributed by atoms with E-state index in [1.807, 2.05) is 29.2 Å². The van der Waals surface area contributed by atoms with E-state index in [0.29, 0.717) is 25.4 Å². The molecule has 0 aromatic carbocycles. The number of rotatable bonds is 6. The van der Waals surface area contributed by atoms with Crippen LogP contribution < -0.4 is 5.73 Å². The molecule has 7 heteroatoms. The molecule has 0 aliphatic carbocycles. The van der Waals surface area contributed by atoms with E-state index < -0.39 is 5.97 Å². The molecular formula is C14H21N5O2. The van der Waals surface area contributed by atoms with Gasteiger partial charge in [-0.1, -0.05) is 6.92 Å². The van der Waals surface area contributed by atoms with Gasteiger partial charge in [-0.05, 0) is 13.8 Å². The zero-order valence-electron chi connectivity index (χ0n) is 12.6. The Balaban J connectivity index is 2.31. The molecule has 1 unspecified atom stereocenters. The van der Waals surface area contributed by atoms with E-state index in [2.05, 4.69) is 9.97 Å². The zero-order valence-corrected chi connectivity index (χ0v) is 12.6. The lowest BCUT2D eigenvalue weighted by atomic mass is 10.3. The number of ether oxygens (including phenoxy) is 1. The van der Waals surface area contributed by atoms with Crippen molar-refractivity contribution in [3.05, 3.63) is 30.2 Å². The predicted molar refractivity (Wildman–Crippen MR) is 78.9 cm³/mol. The molecule has 0 saturated carbocycles. The van der Waals surface area contributed by atoms with Crippen LogP contribution in [0, 0.1) is 0 Å². The second kappa shape index (κ2) is 6.43. The minimum atomic E-state index is -0.474. The number of anilines is 1. The monoisotopic (exact) mass is 291 g/mol. The first-order chi connectivity index (χ1) is 10.1. The first-order valence-corrected chi connectivity index (χ1v) is 7.07. The quantitative estimate of drug-likeness (QED) is 0.818. The summed E-state index contributed by atoms with van der Waals surface area (Å²) in [6.45, 7) is 6.78. The summed E-state index contributed by atoms with van der Waals surface area (Å²) < 4.78 is 8.86. The van der Waals surface area contributed by atoms with Gasteiger partial charge in [0.1, 0.15) is 11.6 Å². The van der Waals surface area contributed by atoms with E-state index in [4.69, 9.17) is 10.5 Å². The lowest BCUT2D eigenvalue weighted by Gasteiger charge is -2.18. The number of carbonyl (C=O) groups is 1. The third-order valence-corrected chi connectivity index (χ3v) is 3.28. The van der Waals surface area contributed by atoms with Crippen LogP contribution in [0.5, 0.6) is 0 Å². The molecular weight excluding hydrogens is 270 g/mol. The third-order valence-electron chi connectivity index (χ3n) is 3.28. The van der Waals surface area contributed by atoms with Crippen LogP contribution in [-0.2, 0) is 17.7 Å². The number of aryl methyl sites for hydroxylation is 1. The Morgan fingerprint density at radius 1 is 1.48 bits per heavy atom. The molecule has 2 aromatic heterocycles. The third kappa shape index (κ3) is 3.07. The van der Waals surface area contributed by atoms with Crippen molar-refractivity contribution in [1.29, 1.82) is 0 Å². The number of nitrogen functional groups attached to an aromatic ring is 1. The molecule has 0 amide bonds. The normalized spacial score (nSPS) is 12.3. The van der Waals surface area contributed by atoms with Gasteiger partial charge in [-0.15, -0.1) is 0 Å². The van der Waals surface area contributed by atoms with Gasteiger partial charge in [-0.25, -0.2) is 14.8 Å². The summed E-state index contributed by atoms with van der Waals surface area (Å²) in [6.07, 6.45) is 6.07. The fraction of sp³-hybridized carbons (Fsp3) is 0.500. The van der Waals surface area contributed by atoms with E-state index in [0.717, 1.165) is 5.82 Å². The molecule has 1 atom stereocenters. The average molecular weight is 291 g/mol. The van der Waals surface area contributed by atoms with Crippen molar-refractivity contribution >= 4 is 11.8 Å². The molecule has 114 valence electrons. The molecule has 7 nitrogen and oxygen atoms in total. The van der Waals surface area contributed by atoms with Gasteiger partial charge in [0.25, 0.3) is 0 Å². The minimum absolute atomic E-state index is 0.0600. The SMILES string of the molecule is CCOC(=O)c1nc(CC)n(C(C)Cn2ccnc2)c1N. The summed E-state index contributed by atoms with van der Waals surface area (Å²) in [6, 6.07) is 0.0600. The highest BCUT2D eigenvalue weighted by molar-refractivity contribution is 5.92. The van der Waals surface area contributed by atoms with Gasteiger partial charge in [0, 0.05) is 25.4 Å². The van der Waals surface area contributed by atoms with Crippen LogP contribution in [0.25, 0.3) is 0 Å². The second-order valence-electron chi connectivity index (χ2n) is 4.81. The summed E-state index contributed by atoms with van der Waals surface area (Å²) in [4.78, 5) is 20.3. The molecule has 0 fully saturated rings. The summed E-state index contributed by atoms with van der Waals surface area (Å²) in [5.41, 5.74) is 6.32. The van der Waals surface area contributed by atoms with Crippen molar-refractivity contribution < 1.29 is 9.53 Å². The maximum Gasteiger partial charge on any atom is 0.360 e. The van der Waals surface area contributed by atoms with Crippen molar-refractivity contribution in [2.24, 2.45) is 0 Å². The first kappa shape index (κ1) is 15.1. The van der Waals surface area contributed by atoms with E-state index in [9.17, 15) is 4.79 Å². The molecule has 2 heterocycles. The van der Waals surface area contributed by atoms with Crippen LogP contribution in [0.1, 0.15) is 43.1 Å². The van der Waals surface area contributed by atoms with Crippen LogP contribution in [0.2, 0.25) is 0 Å². The summed E-state index contributed by atoms with van der Waals surface area (Å²) in [5, 5.41) is 0. The zero-order chi connectivity index (χ0) is 15.4. The Kier molecular flexibility index (Phi) is 4.62. The number of hydrogen-bond donors (Lipinski definition) is 1. The largest absolute Gasteiger partial charge is 0.461 e. The Labute approximate surface area is 123 Å². The molecule has 2 N–H and O–H groups in total. The van der Waals surface area contributed by atoms with Gasteiger partial charge in [-0.3, -0.25) is 0 Å². The number of esters is 1. The molecule has 0 spiro atoms. The number of imidazole rings is 2. The standard InChI is InChI=1S/C14H21N5O2/c1-4-11-17-12(14(20)21-5-2)13(15)19(11)10(3)8-18-7-6-16-9-18/h6-7,9-10H,4-5,8,15H2,1-3H3. The highest BCUT2D eigenvalue weighted by Gasteiger charge is 2.23. The average Bonchev–Trinajstić information content (AvgIpc) is 3.06. The molecule has 2 aromatic rings. The topological polar surface area (TPSA) is 88.0 Å². The van der Waals surface area contributed by atoms with Crippen molar-refractivity contribution in [2.75, 3.05) is 12.3 Å². The molecule has 21 heavy (non-hydrogen) atoms. The molecule has 2 rings (SSSR count). The van der Waals surface area contributed by atoms with Gasteiger partial charge < -0.3 is 19.6 Å². The number of hydrogen-bond acceptors (Lipinski definition) is 5. The number of aromatic nitrogens is 4. The predicted octanol–water partition coefficient (Wildman–Crippen LogP) is 1.66. The van der Waals surface area contributed by atoms with Gasteiger partial charge >= 0.3 is 5.97 Å². The van der Waals surface area contributed by atoms with Gasteiger partial charge in [0.15, 0.2) is 5.69 Å². The first-order valence-electron chi connectivity index (χ1n) is 7.07. The lowest BCUT2D eigenvalue weighted by Crippen LogP contribution is -2.17. The van der Waals surface area contributed by atoms with Crippen LogP contribution in [0.4, 0.5) is 5.82 Å². The van der Waals surface area contributed by atoms with E-state index in [-0.39, 0.29) is 11.7 Å². The Morgan fingerprint density at radius 2 is 2.24 bits per heavy atom. The smallest absolute Gasteiger partial charge is 0.360 e. The Morgan fingerprint density at radius 3 is 2.81 bits per heavy atom. The number of carbonyl (C=O) groups excluding carboxylic acids is 1. The Bertz CT molecular complexity index is 603. The molecule has 0 bridgehead atoms. The van der Waals surface area contributed by atoms with Crippen molar-refractivity contribution in [2.45, 2.75) is 39.8 Å². The van der Waals surface area contributed by atoms with E-state index >= 15 is 0 Å². The van der Waals surface area contributed by atoms with Crippen LogP contribution in [0.15, 0.2) is 18.7 Å². The van der Waals surface area contributed by atoms with E-state index in [1.165, 1.54) is 0 Å². The maximum atomic E-state index is 11.9. The van der Waals surface area contributed by atoms with Crippen LogP contribution in [-0.4, -0.2) is 31.7 Å². The molecule has 0 aliphatic heterocycles. The minimum Gasteiger partial charge on any atom is -0.461 e.